The monoisotopic (exact) mass is 276 g/mol. The number of nitrogens with one attached hydrogen (secondary N) is 1. The highest BCUT2D eigenvalue weighted by molar-refractivity contribution is 5.84. The molecular formula is C16H24N2O2. The molecule has 1 aliphatic rings. The molecule has 1 saturated heterocycles. The van der Waals surface area contributed by atoms with Gasteiger partial charge in [0.1, 0.15) is 11.9 Å². The summed E-state index contributed by atoms with van der Waals surface area (Å²) < 4.78 is 5.19. The Labute approximate surface area is 121 Å². The maximum Gasteiger partial charge on any atom is 0.241 e. The van der Waals surface area contributed by atoms with Crippen molar-refractivity contribution in [3.05, 3.63) is 29.8 Å². The molecule has 0 aliphatic carbocycles. The van der Waals surface area contributed by atoms with Crippen LogP contribution in [0.5, 0.6) is 5.75 Å². The van der Waals surface area contributed by atoms with E-state index < -0.39 is 0 Å². The highest BCUT2D eigenvalue weighted by Crippen LogP contribution is 2.28. The highest BCUT2D eigenvalue weighted by atomic mass is 16.5. The molecule has 0 radical (unpaired) electrons. The van der Waals surface area contributed by atoms with E-state index in [1.54, 1.807) is 7.11 Å². The van der Waals surface area contributed by atoms with Gasteiger partial charge in [0, 0.05) is 6.54 Å². The Kier molecular flexibility index (Phi) is 5.01. The number of ether oxygens (including phenoxy) is 1. The summed E-state index contributed by atoms with van der Waals surface area (Å²) in [6.07, 6.45) is 2.87. The minimum Gasteiger partial charge on any atom is -0.497 e. The van der Waals surface area contributed by atoms with Crippen LogP contribution in [-0.4, -0.2) is 30.5 Å². The van der Waals surface area contributed by atoms with Crippen LogP contribution in [0.3, 0.4) is 0 Å². The van der Waals surface area contributed by atoms with E-state index in [1.807, 2.05) is 29.2 Å². The Balaban J connectivity index is 2.20. The first-order valence-electron chi connectivity index (χ1n) is 7.41. The lowest BCUT2D eigenvalue weighted by molar-refractivity contribution is -0.130. The van der Waals surface area contributed by atoms with E-state index in [4.69, 9.17) is 4.74 Å². The number of hydrogen-bond acceptors (Lipinski definition) is 3. The van der Waals surface area contributed by atoms with Gasteiger partial charge in [-0.3, -0.25) is 10.1 Å². The van der Waals surface area contributed by atoms with Gasteiger partial charge in [-0.1, -0.05) is 32.4 Å². The molecule has 1 heterocycles. The van der Waals surface area contributed by atoms with Crippen LogP contribution in [-0.2, 0) is 4.79 Å². The van der Waals surface area contributed by atoms with Gasteiger partial charge >= 0.3 is 0 Å². The van der Waals surface area contributed by atoms with Crippen LogP contribution in [0.4, 0.5) is 0 Å². The molecule has 2 rings (SSSR count). The van der Waals surface area contributed by atoms with E-state index in [9.17, 15) is 4.79 Å². The first-order chi connectivity index (χ1) is 9.71. The van der Waals surface area contributed by atoms with E-state index in [0.29, 0.717) is 0 Å². The molecule has 1 aromatic carbocycles. The Bertz CT molecular complexity index is 444. The van der Waals surface area contributed by atoms with Gasteiger partial charge in [-0.2, -0.15) is 0 Å². The molecule has 0 bridgehead atoms. The average Bonchev–Trinajstić information content (AvgIpc) is 2.78. The van der Waals surface area contributed by atoms with Crippen molar-refractivity contribution in [1.29, 1.82) is 0 Å². The average molecular weight is 276 g/mol. The Hall–Kier alpha value is -1.55. The van der Waals surface area contributed by atoms with Gasteiger partial charge in [0.25, 0.3) is 0 Å². The predicted molar refractivity (Wildman–Crippen MR) is 79.6 cm³/mol. The molecular weight excluding hydrogens is 252 g/mol. The predicted octanol–water partition coefficient (Wildman–Crippen LogP) is 2.70. The fourth-order valence-corrected chi connectivity index (χ4v) is 2.72. The summed E-state index contributed by atoms with van der Waals surface area (Å²) in [5.74, 6) is 1.07. The van der Waals surface area contributed by atoms with Gasteiger partial charge in [0.15, 0.2) is 0 Å². The Morgan fingerprint density at radius 3 is 2.45 bits per heavy atom. The van der Waals surface area contributed by atoms with Crippen molar-refractivity contribution in [3.63, 3.8) is 0 Å². The summed E-state index contributed by atoms with van der Waals surface area (Å²) in [5, 5.41) is 3.47. The molecule has 0 spiro atoms. The number of hydrogen-bond donors (Lipinski definition) is 1. The number of carbonyl (C=O) groups excluding carboxylic acids is 1. The van der Waals surface area contributed by atoms with Crippen molar-refractivity contribution in [1.82, 2.24) is 10.2 Å². The maximum absolute atomic E-state index is 12.4. The van der Waals surface area contributed by atoms with Crippen molar-refractivity contribution in [3.8, 4) is 5.75 Å². The third kappa shape index (κ3) is 2.96. The third-order valence-corrected chi connectivity index (χ3v) is 3.73. The SMILES string of the molecule is CCCC1NC(c2ccc(OC)cc2)N(CCC)C1=O. The largest absolute Gasteiger partial charge is 0.497 e. The summed E-state index contributed by atoms with van der Waals surface area (Å²) in [4.78, 5) is 14.4. The molecule has 1 aliphatic heterocycles. The second kappa shape index (κ2) is 6.75. The smallest absolute Gasteiger partial charge is 0.241 e. The van der Waals surface area contributed by atoms with E-state index in [2.05, 4.69) is 19.2 Å². The molecule has 110 valence electrons. The molecule has 1 fully saturated rings. The van der Waals surface area contributed by atoms with Crippen LogP contribution in [0.2, 0.25) is 0 Å². The quantitative estimate of drug-likeness (QED) is 0.868. The number of nitrogens with zero attached hydrogens (tertiary/aromatic N) is 1. The van der Waals surface area contributed by atoms with Crippen molar-refractivity contribution >= 4 is 5.91 Å². The second-order valence-corrected chi connectivity index (χ2v) is 5.22. The van der Waals surface area contributed by atoms with Crippen LogP contribution in [0.15, 0.2) is 24.3 Å². The number of carbonyl (C=O) groups is 1. The topological polar surface area (TPSA) is 41.6 Å². The van der Waals surface area contributed by atoms with Crippen molar-refractivity contribution in [2.75, 3.05) is 13.7 Å². The standard InChI is InChI=1S/C16H24N2O2/c1-4-6-14-16(19)18(11-5-2)15(17-14)12-7-9-13(20-3)10-8-12/h7-10,14-15,17H,4-6,11H2,1-3H3. The molecule has 2 atom stereocenters. The van der Waals surface area contributed by atoms with E-state index in [-0.39, 0.29) is 18.1 Å². The highest BCUT2D eigenvalue weighted by Gasteiger charge is 2.38. The lowest BCUT2D eigenvalue weighted by Gasteiger charge is -2.24. The minimum atomic E-state index is -0.0429. The zero-order chi connectivity index (χ0) is 14.5. The molecule has 20 heavy (non-hydrogen) atoms. The van der Waals surface area contributed by atoms with Crippen LogP contribution >= 0.6 is 0 Å². The van der Waals surface area contributed by atoms with Gasteiger partial charge in [-0.05, 0) is 30.5 Å². The first kappa shape index (κ1) is 14.9. The summed E-state index contributed by atoms with van der Waals surface area (Å²) in [7, 11) is 1.66. The first-order valence-corrected chi connectivity index (χ1v) is 7.41. The number of benzene rings is 1. The molecule has 2 unspecified atom stereocenters. The normalized spacial score (nSPS) is 22.4. The van der Waals surface area contributed by atoms with Gasteiger partial charge in [0.05, 0.1) is 13.2 Å². The van der Waals surface area contributed by atoms with Crippen molar-refractivity contribution in [2.45, 2.75) is 45.3 Å². The van der Waals surface area contributed by atoms with Gasteiger partial charge < -0.3 is 9.64 Å². The molecule has 0 aromatic heterocycles. The van der Waals surface area contributed by atoms with Gasteiger partial charge in [-0.25, -0.2) is 0 Å². The summed E-state index contributed by atoms with van der Waals surface area (Å²) in [5.41, 5.74) is 1.12. The molecule has 1 N–H and O–H groups in total. The minimum absolute atomic E-state index is 0.00935. The Morgan fingerprint density at radius 1 is 1.20 bits per heavy atom. The molecule has 1 aromatic rings. The summed E-state index contributed by atoms with van der Waals surface area (Å²) in [6, 6.07) is 7.90. The number of rotatable bonds is 6. The van der Waals surface area contributed by atoms with E-state index in [0.717, 1.165) is 37.1 Å². The summed E-state index contributed by atoms with van der Waals surface area (Å²) >= 11 is 0. The van der Waals surface area contributed by atoms with Crippen LogP contribution in [0, 0.1) is 0 Å². The maximum atomic E-state index is 12.4. The van der Waals surface area contributed by atoms with E-state index >= 15 is 0 Å². The van der Waals surface area contributed by atoms with Gasteiger partial charge in [0.2, 0.25) is 5.91 Å². The molecule has 0 saturated carbocycles. The van der Waals surface area contributed by atoms with Gasteiger partial charge in [-0.15, -0.1) is 0 Å². The zero-order valence-corrected chi connectivity index (χ0v) is 12.6. The second-order valence-electron chi connectivity index (χ2n) is 5.22. The van der Waals surface area contributed by atoms with Crippen molar-refractivity contribution in [2.24, 2.45) is 0 Å². The molecule has 4 nitrogen and oxygen atoms in total. The Morgan fingerprint density at radius 2 is 1.90 bits per heavy atom. The molecule has 4 heteroatoms. The lowest BCUT2D eigenvalue weighted by Crippen LogP contribution is -2.31. The van der Waals surface area contributed by atoms with Crippen molar-refractivity contribution < 1.29 is 9.53 Å². The van der Waals surface area contributed by atoms with Crippen LogP contribution in [0.25, 0.3) is 0 Å². The number of amides is 1. The zero-order valence-electron chi connectivity index (χ0n) is 12.6. The van der Waals surface area contributed by atoms with E-state index in [1.165, 1.54) is 0 Å². The third-order valence-electron chi connectivity index (χ3n) is 3.73. The van der Waals surface area contributed by atoms with Crippen LogP contribution in [0.1, 0.15) is 44.8 Å². The molecule has 1 amide bonds. The summed E-state index contributed by atoms with van der Waals surface area (Å²) in [6.45, 7) is 5.01. The fourth-order valence-electron chi connectivity index (χ4n) is 2.72. The lowest BCUT2D eigenvalue weighted by atomic mass is 10.1. The van der Waals surface area contributed by atoms with Crippen LogP contribution < -0.4 is 10.1 Å². The number of methoxy groups -OCH3 is 1. The fraction of sp³-hybridized carbons (Fsp3) is 0.562.